The van der Waals surface area contributed by atoms with Gasteiger partial charge in [0.05, 0.1) is 5.69 Å². The molecule has 1 atom stereocenters. The summed E-state index contributed by atoms with van der Waals surface area (Å²) in [4.78, 5) is 26.9. The van der Waals surface area contributed by atoms with E-state index in [0.717, 1.165) is 0 Å². The normalized spacial score (nSPS) is 16.6. The first-order valence-corrected chi connectivity index (χ1v) is 9.05. The zero-order chi connectivity index (χ0) is 18.8. The lowest BCUT2D eigenvalue weighted by Gasteiger charge is -2.24. The number of likely N-dealkylation sites (tertiary alicyclic amines) is 1. The van der Waals surface area contributed by atoms with Crippen molar-refractivity contribution in [2.45, 2.75) is 18.9 Å². The number of hydrogen-bond donors (Lipinski definition) is 2. The van der Waals surface area contributed by atoms with Crippen LogP contribution in [0, 0.1) is 0 Å². The van der Waals surface area contributed by atoms with Crippen LogP contribution in [0.5, 0.6) is 5.75 Å². The molecule has 2 N–H and O–H groups in total. The molecular weight excluding hydrogens is 399 g/mol. The average Bonchev–Trinajstić information content (AvgIpc) is 3.06. The van der Waals surface area contributed by atoms with Crippen LogP contribution in [0.2, 0.25) is 15.1 Å². The van der Waals surface area contributed by atoms with E-state index in [0.29, 0.717) is 40.0 Å². The minimum atomic E-state index is -0.654. The van der Waals surface area contributed by atoms with E-state index in [-0.39, 0.29) is 23.3 Å². The molecular formula is C18H15Cl3N2O3. The van der Waals surface area contributed by atoms with Crippen LogP contribution in [-0.4, -0.2) is 34.4 Å². The van der Waals surface area contributed by atoms with Crippen molar-refractivity contribution in [2.75, 3.05) is 11.9 Å². The number of anilines is 1. The second-order valence-electron chi connectivity index (χ2n) is 5.97. The van der Waals surface area contributed by atoms with Gasteiger partial charge in [-0.15, -0.1) is 0 Å². The summed E-state index contributed by atoms with van der Waals surface area (Å²) in [6.45, 7) is 0.447. The van der Waals surface area contributed by atoms with Crippen LogP contribution in [0.25, 0.3) is 0 Å². The van der Waals surface area contributed by atoms with Crippen LogP contribution in [0.1, 0.15) is 23.2 Å². The summed E-state index contributed by atoms with van der Waals surface area (Å²) in [5, 5.41) is 13.6. The lowest BCUT2D eigenvalue weighted by molar-refractivity contribution is -0.119. The van der Waals surface area contributed by atoms with Crippen LogP contribution in [0.4, 0.5) is 5.69 Å². The van der Waals surface area contributed by atoms with E-state index >= 15 is 0 Å². The summed E-state index contributed by atoms with van der Waals surface area (Å²) in [5.41, 5.74) is 0.528. The fraction of sp³-hybridized carbons (Fsp3) is 0.222. The molecule has 1 saturated heterocycles. The van der Waals surface area contributed by atoms with Gasteiger partial charge in [-0.2, -0.15) is 0 Å². The molecule has 0 aliphatic carbocycles. The number of nitrogens with zero attached hydrogens (tertiary/aromatic N) is 1. The molecule has 8 heteroatoms. The van der Waals surface area contributed by atoms with Crippen molar-refractivity contribution in [2.24, 2.45) is 0 Å². The minimum absolute atomic E-state index is 0.0970. The monoisotopic (exact) mass is 412 g/mol. The van der Waals surface area contributed by atoms with Gasteiger partial charge in [-0.3, -0.25) is 9.59 Å². The summed E-state index contributed by atoms with van der Waals surface area (Å²) < 4.78 is 0. The number of aromatic hydroxyl groups is 1. The smallest absolute Gasteiger partial charge is 0.254 e. The Morgan fingerprint density at radius 1 is 1.04 bits per heavy atom. The van der Waals surface area contributed by atoms with Crippen LogP contribution in [0.3, 0.4) is 0 Å². The number of hydrogen-bond acceptors (Lipinski definition) is 3. The van der Waals surface area contributed by atoms with E-state index in [1.807, 2.05) is 0 Å². The van der Waals surface area contributed by atoms with Crippen LogP contribution < -0.4 is 5.32 Å². The molecule has 1 unspecified atom stereocenters. The average molecular weight is 414 g/mol. The fourth-order valence-electron chi connectivity index (χ4n) is 2.95. The van der Waals surface area contributed by atoms with Crippen molar-refractivity contribution >= 4 is 52.3 Å². The summed E-state index contributed by atoms with van der Waals surface area (Å²) >= 11 is 17.8. The third-order valence-corrected chi connectivity index (χ3v) is 4.81. The lowest BCUT2D eigenvalue weighted by Crippen LogP contribution is -2.43. The van der Waals surface area contributed by atoms with E-state index in [4.69, 9.17) is 34.8 Å². The van der Waals surface area contributed by atoms with E-state index in [1.165, 1.54) is 41.3 Å². The Kier molecular flexibility index (Phi) is 5.61. The highest BCUT2D eigenvalue weighted by atomic mass is 35.5. The van der Waals surface area contributed by atoms with Crippen LogP contribution in [0.15, 0.2) is 36.4 Å². The molecule has 0 bridgehead atoms. The maximum atomic E-state index is 12.8. The van der Waals surface area contributed by atoms with Gasteiger partial charge in [-0.1, -0.05) is 34.8 Å². The second-order valence-corrected chi connectivity index (χ2v) is 7.27. The van der Waals surface area contributed by atoms with Gasteiger partial charge in [0, 0.05) is 27.2 Å². The fourth-order valence-corrected chi connectivity index (χ4v) is 3.65. The third kappa shape index (κ3) is 4.06. The zero-order valence-electron chi connectivity index (χ0n) is 13.5. The Labute approximate surface area is 165 Å². The molecule has 136 valence electrons. The lowest BCUT2D eigenvalue weighted by atomic mass is 10.1. The number of nitrogens with one attached hydrogen (secondary N) is 1. The molecule has 0 spiro atoms. The third-order valence-electron chi connectivity index (χ3n) is 4.14. The number of phenols is 1. The molecule has 3 rings (SSSR count). The molecule has 2 amide bonds. The number of carbonyl (C=O) groups is 2. The molecule has 1 heterocycles. The molecule has 2 aromatic carbocycles. The van der Waals surface area contributed by atoms with Crippen molar-refractivity contribution in [3.63, 3.8) is 0 Å². The SMILES string of the molecule is O=C(Nc1cc(Cl)ccc1O)C1CCCN1C(=O)c1cc(Cl)cc(Cl)c1. The molecule has 1 fully saturated rings. The zero-order valence-corrected chi connectivity index (χ0v) is 15.8. The van der Waals surface area contributed by atoms with E-state index < -0.39 is 6.04 Å². The highest BCUT2D eigenvalue weighted by Gasteiger charge is 2.35. The molecule has 26 heavy (non-hydrogen) atoms. The Bertz CT molecular complexity index is 853. The first-order chi connectivity index (χ1) is 12.3. The Hall–Kier alpha value is -1.95. The summed E-state index contributed by atoms with van der Waals surface area (Å²) in [5.74, 6) is -0.802. The molecule has 0 radical (unpaired) electrons. The number of benzene rings is 2. The van der Waals surface area contributed by atoms with Crippen molar-refractivity contribution in [1.82, 2.24) is 4.90 Å². The predicted molar refractivity (Wildman–Crippen MR) is 102 cm³/mol. The molecule has 2 aromatic rings. The van der Waals surface area contributed by atoms with Crippen molar-refractivity contribution in [3.05, 3.63) is 57.0 Å². The highest BCUT2D eigenvalue weighted by molar-refractivity contribution is 6.35. The number of phenolic OH excluding ortho intramolecular Hbond substituents is 1. The maximum absolute atomic E-state index is 12.8. The van der Waals surface area contributed by atoms with Gasteiger partial charge in [0.15, 0.2) is 0 Å². The predicted octanol–water partition coefficient (Wildman–Crippen LogP) is 4.60. The van der Waals surface area contributed by atoms with Gasteiger partial charge in [0.2, 0.25) is 5.91 Å². The molecule has 1 aliphatic rings. The van der Waals surface area contributed by atoms with Gasteiger partial charge in [-0.05, 0) is 49.2 Å². The molecule has 0 saturated carbocycles. The Balaban J connectivity index is 1.80. The van der Waals surface area contributed by atoms with E-state index in [9.17, 15) is 14.7 Å². The van der Waals surface area contributed by atoms with Gasteiger partial charge in [-0.25, -0.2) is 0 Å². The van der Waals surface area contributed by atoms with Gasteiger partial charge in [0.1, 0.15) is 11.8 Å². The van der Waals surface area contributed by atoms with Gasteiger partial charge < -0.3 is 15.3 Å². The minimum Gasteiger partial charge on any atom is -0.506 e. The number of halogens is 3. The van der Waals surface area contributed by atoms with Crippen molar-refractivity contribution < 1.29 is 14.7 Å². The van der Waals surface area contributed by atoms with Gasteiger partial charge in [0.25, 0.3) is 5.91 Å². The summed E-state index contributed by atoms with van der Waals surface area (Å²) in [7, 11) is 0. The highest BCUT2D eigenvalue weighted by Crippen LogP contribution is 2.29. The molecule has 5 nitrogen and oxygen atoms in total. The van der Waals surface area contributed by atoms with Crippen molar-refractivity contribution in [3.8, 4) is 5.75 Å². The topological polar surface area (TPSA) is 69.6 Å². The van der Waals surface area contributed by atoms with Crippen LogP contribution in [-0.2, 0) is 4.79 Å². The summed E-state index contributed by atoms with van der Waals surface area (Å²) in [6, 6.07) is 8.28. The largest absolute Gasteiger partial charge is 0.506 e. The Morgan fingerprint density at radius 3 is 2.42 bits per heavy atom. The first-order valence-electron chi connectivity index (χ1n) is 7.91. The number of rotatable bonds is 3. The quantitative estimate of drug-likeness (QED) is 0.723. The summed E-state index contributed by atoms with van der Waals surface area (Å²) in [6.07, 6.45) is 1.22. The number of amides is 2. The van der Waals surface area contributed by atoms with Gasteiger partial charge >= 0.3 is 0 Å². The van der Waals surface area contributed by atoms with E-state index in [1.54, 1.807) is 0 Å². The maximum Gasteiger partial charge on any atom is 0.254 e. The first kappa shape index (κ1) is 18.8. The molecule has 1 aliphatic heterocycles. The van der Waals surface area contributed by atoms with Crippen LogP contribution >= 0.6 is 34.8 Å². The standard InChI is InChI=1S/C18H15Cl3N2O3/c19-11-3-4-16(24)14(9-11)22-17(25)15-2-1-5-23(15)18(26)10-6-12(20)8-13(21)7-10/h3-4,6-9,15,24H,1-2,5H2,(H,22,25). The molecule has 0 aromatic heterocycles. The second kappa shape index (κ2) is 7.74. The number of carbonyl (C=O) groups excluding carboxylic acids is 2. The van der Waals surface area contributed by atoms with Crippen molar-refractivity contribution in [1.29, 1.82) is 0 Å². The Morgan fingerprint density at radius 2 is 1.73 bits per heavy atom. The van der Waals surface area contributed by atoms with E-state index in [2.05, 4.69) is 5.32 Å².